The van der Waals surface area contributed by atoms with Crippen LogP contribution in [-0.2, 0) is 13.5 Å². The normalized spacial score (nSPS) is 11.9. The van der Waals surface area contributed by atoms with E-state index in [1.807, 2.05) is 12.1 Å². The summed E-state index contributed by atoms with van der Waals surface area (Å²) in [5.41, 5.74) is 6.18. The zero-order valence-corrected chi connectivity index (χ0v) is 12.1. The van der Waals surface area contributed by atoms with Gasteiger partial charge in [-0.1, -0.05) is 35.5 Å². The van der Waals surface area contributed by atoms with Crippen LogP contribution in [0.25, 0.3) is 11.1 Å². The smallest absolute Gasteiger partial charge is 0.277 e. The molecule has 0 unspecified atom stereocenters. The molecule has 0 bridgehead atoms. The Bertz CT molecular complexity index is 882. The minimum absolute atomic E-state index is 0.247. The standard InChI is InChI=1S/C17H14N4O/c1-21-10-16(19-20-21)17(22)18-13-6-7-15-12(9-13)8-11-4-2-3-5-14(11)15/h2-7,9-10H,8H2,1H3,(H,18,22). The van der Waals surface area contributed by atoms with Crippen molar-refractivity contribution in [3.05, 3.63) is 65.5 Å². The maximum atomic E-state index is 12.1. The second kappa shape index (κ2) is 4.80. The molecule has 1 aliphatic rings. The number of anilines is 1. The Hall–Kier alpha value is -2.95. The van der Waals surface area contributed by atoms with Crippen molar-refractivity contribution < 1.29 is 4.79 Å². The summed E-state index contributed by atoms with van der Waals surface area (Å²) in [6.07, 6.45) is 2.50. The molecule has 0 saturated carbocycles. The summed E-state index contributed by atoms with van der Waals surface area (Å²) in [6.45, 7) is 0. The topological polar surface area (TPSA) is 59.8 Å². The van der Waals surface area contributed by atoms with Crippen molar-refractivity contribution in [3.63, 3.8) is 0 Å². The van der Waals surface area contributed by atoms with Crippen molar-refractivity contribution in [2.24, 2.45) is 7.05 Å². The van der Waals surface area contributed by atoms with E-state index in [2.05, 4.69) is 46.0 Å². The average Bonchev–Trinajstić information content (AvgIpc) is 3.10. The van der Waals surface area contributed by atoms with E-state index in [9.17, 15) is 4.79 Å². The van der Waals surface area contributed by atoms with Crippen molar-refractivity contribution in [3.8, 4) is 11.1 Å². The number of hydrogen-bond acceptors (Lipinski definition) is 3. The Kier molecular flexibility index (Phi) is 2.79. The number of rotatable bonds is 2. The molecule has 0 aliphatic heterocycles. The van der Waals surface area contributed by atoms with Gasteiger partial charge in [0.15, 0.2) is 5.69 Å². The molecule has 1 aromatic heterocycles. The van der Waals surface area contributed by atoms with Crippen LogP contribution in [0.3, 0.4) is 0 Å². The van der Waals surface area contributed by atoms with Gasteiger partial charge in [-0.25, -0.2) is 0 Å². The molecule has 4 rings (SSSR count). The number of fused-ring (bicyclic) bond motifs is 3. The highest BCUT2D eigenvalue weighted by Crippen LogP contribution is 2.37. The summed E-state index contributed by atoms with van der Waals surface area (Å²) >= 11 is 0. The SMILES string of the molecule is Cn1cc(C(=O)Nc2ccc3c(c2)Cc2ccccc2-3)nn1. The molecule has 0 fully saturated rings. The quantitative estimate of drug-likeness (QED) is 0.617. The summed E-state index contributed by atoms with van der Waals surface area (Å²) < 4.78 is 1.51. The Morgan fingerprint density at radius 3 is 2.77 bits per heavy atom. The molecule has 0 saturated heterocycles. The summed E-state index contributed by atoms with van der Waals surface area (Å²) in [6, 6.07) is 14.4. The lowest BCUT2D eigenvalue weighted by molar-refractivity contribution is 0.102. The van der Waals surface area contributed by atoms with Gasteiger partial charge in [-0.05, 0) is 40.8 Å². The Morgan fingerprint density at radius 1 is 1.14 bits per heavy atom. The molecule has 5 heteroatoms. The molecule has 3 aromatic rings. The maximum absolute atomic E-state index is 12.1. The highest BCUT2D eigenvalue weighted by molar-refractivity contribution is 6.02. The van der Waals surface area contributed by atoms with E-state index < -0.39 is 0 Å². The van der Waals surface area contributed by atoms with E-state index >= 15 is 0 Å². The zero-order chi connectivity index (χ0) is 15.1. The van der Waals surface area contributed by atoms with Gasteiger partial charge in [0, 0.05) is 12.7 Å². The molecular formula is C17H14N4O. The molecule has 0 atom stereocenters. The number of aromatic nitrogens is 3. The minimum atomic E-state index is -0.247. The van der Waals surface area contributed by atoms with Crippen molar-refractivity contribution in [2.75, 3.05) is 5.32 Å². The summed E-state index contributed by atoms with van der Waals surface area (Å²) in [7, 11) is 1.73. The van der Waals surface area contributed by atoms with Crippen LogP contribution in [0.1, 0.15) is 21.6 Å². The van der Waals surface area contributed by atoms with Crippen LogP contribution in [0.4, 0.5) is 5.69 Å². The van der Waals surface area contributed by atoms with Crippen LogP contribution in [-0.4, -0.2) is 20.9 Å². The second-order valence-electron chi connectivity index (χ2n) is 5.44. The fraction of sp³-hybridized carbons (Fsp3) is 0.118. The van der Waals surface area contributed by atoms with E-state index in [4.69, 9.17) is 0 Å². The Labute approximate surface area is 127 Å². The first-order valence-electron chi connectivity index (χ1n) is 7.09. The van der Waals surface area contributed by atoms with Gasteiger partial charge in [0.25, 0.3) is 5.91 Å². The largest absolute Gasteiger partial charge is 0.321 e. The monoisotopic (exact) mass is 290 g/mol. The first-order valence-corrected chi connectivity index (χ1v) is 7.09. The van der Waals surface area contributed by atoms with Gasteiger partial charge in [-0.15, -0.1) is 5.10 Å². The first-order chi connectivity index (χ1) is 10.7. The van der Waals surface area contributed by atoms with Gasteiger partial charge in [0.05, 0.1) is 6.20 Å². The molecule has 2 aromatic carbocycles. The van der Waals surface area contributed by atoms with Gasteiger partial charge in [0.2, 0.25) is 0 Å². The number of aryl methyl sites for hydroxylation is 1. The van der Waals surface area contributed by atoms with Crippen molar-refractivity contribution >= 4 is 11.6 Å². The molecule has 1 N–H and O–H groups in total. The fourth-order valence-electron chi connectivity index (χ4n) is 2.87. The third kappa shape index (κ3) is 2.07. The van der Waals surface area contributed by atoms with Gasteiger partial charge >= 0.3 is 0 Å². The maximum Gasteiger partial charge on any atom is 0.277 e. The van der Waals surface area contributed by atoms with Crippen molar-refractivity contribution in [1.82, 2.24) is 15.0 Å². The third-order valence-corrected chi connectivity index (χ3v) is 3.89. The molecule has 1 heterocycles. The highest BCUT2D eigenvalue weighted by atomic mass is 16.2. The number of nitrogens with zero attached hydrogens (tertiary/aromatic N) is 3. The fourth-order valence-corrected chi connectivity index (χ4v) is 2.87. The highest BCUT2D eigenvalue weighted by Gasteiger charge is 2.18. The number of amides is 1. The third-order valence-electron chi connectivity index (χ3n) is 3.89. The lowest BCUT2D eigenvalue weighted by Gasteiger charge is -2.06. The Balaban J connectivity index is 1.61. The first kappa shape index (κ1) is 12.8. The summed E-state index contributed by atoms with van der Waals surface area (Å²) in [4.78, 5) is 12.1. The summed E-state index contributed by atoms with van der Waals surface area (Å²) in [5, 5.41) is 10.5. The lowest BCUT2D eigenvalue weighted by atomic mass is 10.1. The van der Waals surface area contributed by atoms with Gasteiger partial charge in [-0.3, -0.25) is 9.48 Å². The second-order valence-corrected chi connectivity index (χ2v) is 5.44. The number of hydrogen-bond donors (Lipinski definition) is 1. The van der Waals surface area contributed by atoms with Gasteiger partial charge in [0.1, 0.15) is 0 Å². The van der Waals surface area contributed by atoms with E-state index in [-0.39, 0.29) is 5.91 Å². The van der Waals surface area contributed by atoms with Crippen molar-refractivity contribution in [2.45, 2.75) is 6.42 Å². The van der Waals surface area contributed by atoms with E-state index in [0.717, 1.165) is 12.1 Å². The summed E-state index contributed by atoms with van der Waals surface area (Å²) in [5.74, 6) is -0.247. The Morgan fingerprint density at radius 2 is 1.95 bits per heavy atom. The average molecular weight is 290 g/mol. The minimum Gasteiger partial charge on any atom is -0.321 e. The lowest BCUT2D eigenvalue weighted by Crippen LogP contribution is -2.12. The number of carbonyl (C=O) groups excluding carboxylic acids is 1. The van der Waals surface area contributed by atoms with Crippen molar-refractivity contribution in [1.29, 1.82) is 0 Å². The van der Waals surface area contributed by atoms with Crippen LogP contribution < -0.4 is 5.32 Å². The number of benzene rings is 2. The van der Waals surface area contributed by atoms with Crippen LogP contribution in [0.15, 0.2) is 48.7 Å². The molecule has 1 amide bonds. The van der Waals surface area contributed by atoms with Crippen LogP contribution in [0.5, 0.6) is 0 Å². The van der Waals surface area contributed by atoms with E-state index in [1.54, 1.807) is 13.2 Å². The number of nitrogens with one attached hydrogen (secondary N) is 1. The molecular weight excluding hydrogens is 276 g/mol. The van der Waals surface area contributed by atoms with Gasteiger partial charge < -0.3 is 5.32 Å². The zero-order valence-electron chi connectivity index (χ0n) is 12.1. The van der Waals surface area contributed by atoms with E-state index in [0.29, 0.717) is 5.69 Å². The predicted octanol–water partition coefficient (Wildman–Crippen LogP) is 2.64. The molecule has 22 heavy (non-hydrogen) atoms. The van der Waals surface area contributed by atoms with Crippen LogP contribution >= 0.6 is 0 Å². The molecule has 5 nitrogen and oxygen atoms in total. The van der Waals surface area contributed by atoms with Gasteiger partial charge in [-0.2, -0.15) is 0 Å². The molecule has 0 radical (unpaired) electrons. The van der Waals surface area contributed by atoms with Crippen LogP contribution in [0.2, 0.25) is 0 Å². The molecule has 108 valence electrons. The predicted molar refractivity (Wildman–Crippen MR) is 83.6 cm³/mol. The van der Waals surface area contributed by atoms with Crippen LogP contribution in [0, 0.1) is 0 Å². The number of carbonyl (C=O) groups is 1. The molecule has 0 spiro atoms. The van der Waals surface area contributed by atoms with E-state index in [1.165, 1.54) is 26.9 Å². The molecule has 1 aliphatic carbocycles.